The number of halogens is 6. The van der Waals surface area contributed by atoms with Crippen LogP contribution in [0.25, 0.3) is 0 Å². The summed E-state index contributed by atoms with van der Waals surface area (Å²) in [7, 11) is 0. The summed E-state index contributed by atoms with van der Waals surface area (Å²) in [4.78, 5) is 0. The zero-order valence-electron chi connectivity index (χ0n) is 5.60. The Morgan fingerprint density at radius 2 is 0.500 bits per heavy atom. The molecule has 0 atom stereocenters. The van der Waals surface area contributed by atoms with Gasteiger partial charge in [0, 0.05) is 0 Å². The third-order valence-corrected chi connectivity index (χ3v) is 0. The van der Waals surface area contributed by atoms with Gasteiger partial charge < -0.3 is 0 Å². The molecule has 54 valence electrons. The Labute approximate surface area is 227 Å². The first kappa shape index (κ1) is 26.9. The Bertz CT molecular complexity index is 71.6. The van der Waals surface area contributed by atoms with Crippen molar-refractivity contribution in [2.45, 2.75) is 0 Å². The Kier molecular flexibility index (Phi) is 23.1. The average molecular weight is 789 g/mol. The molecule has 0 aliphatic carbocycles. The molecule has 10 heavy (non-hydrogen) atoms. The van der Waals surface area contributed by atoms with Crippen molar-refractivity contribution in [2.24, 2.45) is 0 Å². The van der Waals surface area contributed by atoms with Gasteiger partial charge in [-0.25, -0.2) is 0 Å². The Balaban J connectivity index is -0.0000000600. The molecule has 0 aromatic carbocycles. The minimum absolute atomic E-state index is 0. The van der Waals surface area contributed by atoms with E-state index < -0.39 is 0.881 Å². The monoisotopic (exact) mass is 783 g/mol. The Hall–Kier alpha value is 8.44. The molecule has 0 N–H and O–H groups in total. The molecule has 0 bridgehead atoms. The molecule has 0 aromatic heterocycles. The zero-order chi connectivity index (χ0) is 6.41. The van der Waals surface area contributed by atoms with Crippen molar-refractivity contribution < 1.29 is 155 Å². The summed E-state index contributed by atoms with van der Waals surface area (Å²) in [5, 5.41) is 0. The Morgan fingerprint density at radius 3 is 0.500 bits per heavy atom. The van der Waals surface area contributed by atoms with Gasteiger partial charge in [-0.2, -0.15) is 0 Å². The van der Waals surface area contributed by atoms with Gasteiger partial charge in [0.1, 0.15) is 0 Å². The van der Waals surface area contributed by atoms with Crippen LogP contribution in [0.5, 0.6) is 0 Å². The van der Waals surface area contributed by atoms with E-state index >= 15 is 0 Å². The third-order valence-electron chi connectivity index (χ3n) is 0. The quantitative estimate of drug-likeness (QED) is 0.221. The van der Waals surface area contributed by atoms with Crippen molar-refractivity contribution in [3.63, 3.8) is 0 Å². The van der Waals surface area contributed by atoms with E-state index in [0.717, 1.165) is 0 Å². The van der Waals surface area contributed by atoms with Crippen LogP contribution in [0.3, 0.4) is 0 Å². The van der Waals surface area contributed by atoms with Crippen LogP contribution in [0, 0.1) is 0 Å². The second kappa shape index (κ2) is 8.58. The summed E-state index contributed by atoms with van der Waals surface area (Å²) in [5.74, 6) is 0. The van der Waals surface area contributed by atoms with Gasteiger partial charge >= 0.3 is 236 Å². The van der Waals surface area contributed by atoms with E-state index in [1.807, 2.05) is 0 Å². The summed E-state index contributed by atoms with van der Waals surface area (Å²) in [6, 6.07) is 0. The standard InChI is InChI=1S/6BrH.Ir.3K/h6*1H;;;;/q;;;;;;+3;3*+1/p-6. The topological polar surface area (TPSA) is 0 Å². The Morgan fingerprint density at radius 1 is 0.500 bits per heavy atom. The van der Waals surface area contributed by atoms with Crippen LogP contribution in [0.15, 0.2) is 0 Å². The molecule has 0 fully saturated rings. The van der Waals surface area contributed by atoms with Gasteiger partial charge in [0.15, 0.2) is 0 Å². The number of hydrogen-bond acceptors (Lipinski definition) is 0. The molecule has 0 aromatic rings. The van der Waals surface area contributed by atoms with E-state index in [0.29, 0.717) is 0 Å². The number of rotatable bonds is 0. The smallest absolute Gasteiger partial charge is 1.00 e. The minimum atomic E-state index is -3.29. The number of hydrogen-bond donors (Lipinski definition) is 0. The van der Waals surface area contributed by atoms with E-state index in [9.17, 15) is 0 Å². The van der Waals surface area contributed by atoms with Gasteiger partial charge in [0.05, 0.1) is 0 Å². The van der Waals surface area contributed by atoms with Crippen LogP contribution in [0.4, 0.5) is 0 Å². The molecule has 10 heteroatoms. The zero-order valence-corrected chi connectivity index (χ0v) is 26.9. The summed E-state index contributed by atoms with van der Waals surface area (Å²) >= 11 is 20.1. The van der Waals surface area contributed by atoms with Crippen molar-refractivity contribution in [1.29, 1.82) is 0 Å². The molecule has 0 heterocycles. The van der Waals surface area contributed by atoms with Gasteiger partial charge in [-0.15, -0.1) is 0 Å². The van der Waals surface area contributed by atoms with Gasteiger partial charge in [-0.05, 0) is 0 Å². The fourth-order valence-corrected chi connectivity index (χ4v) is 0. The van der Waals surface area contributed by atoms with Crippen LogP contribution < -0.4 is 154 Å². The molecule has 0 rings (SSSR count). The van der Waals surface area contributed by atoms with E-state index in [-0.39, 0.29) is 154 Å². The molecule has 0 unspecified atom stereocenters. The minimum Gasteiger partial charge on any atom is 1.00 e. The van der Waals surface area contributed by atoms with Crippen molar-refractivity contribution in [3.05, 3.63) is 0 Å². The first-order valence-electron chi connectivity index (χ1n) is 0.756. The van der Waals surface area contributed by atoms with Crippen molar-refractivity contribution in [3.8, 4) is 0 Å². The van der Waals surface area contributed by atoms with Gasteiger partial charge in [0.25, 0.3) is 0 Å². The fraction of sp³-hybridized carbons (Fsp3) is 0. The molecule has 0 radical (unpaired) electrons. The van der Waals surface area contributed by atoms with Gasteiger partial charge in [-0.1, -0.05) is 0 Å². The van der Waals surface area contributed by atoms with Crippen molar-refractivity contribution >= 4 is 81.0 Å². The average Bonchev–Trinajstić information content (AvgIpc) is 0.592. The van der Waals surface area contributed by atoms with Crippen LogP contribution in [0.1, 0.15) is 0 Å². The second-order valence-electron chi connectivity index (χ2n) is 0.714. The predicted molar refractivity (Wildman–Crippen MR) is 53.6 cm³/mol. The van der Waals surface area contributed by atoms with E-state index in [4.69, 9.17) is 0 Å². The first-order chi connectivity index (χ1) is 2.45. The molecule has 0 saturated heterocycles. The van der Waals surface area contributed by atoms with Crippen LogP contribution in [-0.4, -0.2) is 0 Å². The summed E-state index contributed by atoms with van der Waals surface area (Å²) < 4.78 is -3.29. The van der Waals surface area contributed by atoms with Gasteiger partial charge in [0.2, 0.25) is 0 Å². The molecule has 0 spiro atoms. The summed E-state index contributed by atoms with van der Waals surface area (Å²) in [6.07, 6.45) is 0. The predicted octanol–water partition coefficient (Wildman–Crippen LogP) is -3.92. The molecule has 0 nitrogen and oxygen atoms in total. The molecule has 0 aliphatic rings. The maximum absolute atomic E-state index is 3.35. The maximum Gasteiger partial charge on any atom is 1.00 e. The normalized spacial score (nSPS) is 16.2. The maximum atomic E-state index is 3.35. The fourth-order valence-electron chi connectivity index (χ4n) is 0. The molecular formula is Br6IrK3. The summed E-state index contributed by atoms with van der Waals surface area (Å²) in [5.41, 5.74) is 0. The molecule has 0 aliphatic heterocycles. The van der Waals surface area contributed by atoms with Gasteiger partial charge in [-0.3, -0.25) is 0 Å². The molecular weight excluding hydrogens is 789 g/mol. The van der Waals surface area contributed by atoms with Crippen LogP contribution >= 0.6 is 81.0 Å². The first-order valence-corrected chi connectivity index (χ1v) is 32.2. The van der Waals surface area contributed by atoms with Crippen LogP contribution in [0.2, 0.25) is 0 Å². The van der Waals surface area contributed by atoms with E-state index in [2.05, 4.69) is 81.0 Å². The van der Waals surface area contributed by atoms with Crippen molar-refractivity contribution in [2.75, 3.05) is 0 Å². The second-order valence-corrected chi connectivity index (χ2v) is 158. The molecule has 0 amide bonds. The SMILES string of the molecule is [Br][Ir-3]([Br])([Br])([Br])([Br])[Br].[K+].[K+].[K+]. The van der Waals surface area contributed by atoms with Crippen molar-refractivity contribution in [1.82, 2.24) is 0 Å². The largest absolute Gasteiger partial charge is 1.00 e. The third kappa shape index (κ3) is 55.0. The molecule has 0 saturated carbocycles. The van der Waals surface area contributed by atoms with E-state index in [1.54, 1.807) is 0 Å². The summed E-state index contributed by atoms with van der Waals surface area (Å²) in [6.45, 7) is 0. The van der Waals surface area contributed by atoms with Crippen LogP contribution in [-0.2, 0) is 0.881 Å². The van der Waals surface area contributed by atoms with E-state index in [1.165, 1.54) is 0 Å².